The lowest BCUT2D eigenvalue weighted by molar-refractivity contribution is -0.149. The van der Waals surface area contributed by atoms with E-state index < -0.39 is 17.6 Å². The quantitative estimate of drug-likeness (QED) is 0.360. The first kappa shape index (κ1) is 19.5. The number of rotatable bonds is 6. The number of esters is 1. The van der Waals surface area contributed by atoms with E-state index in [1.165, 1.54) is 17.1 Å². The van der Waals surface area contributed by atoms with Crippen molar-refractivity contribution in [3.63, 3.8) is 0 Å². The smallest absolute Gasteiger partial charge is 0.336 e. The number of benzene rings is 2. The van der Waals surface area contributed by atoms with E-state index in [4.69, 9.17) is 9.15 Å². The Bertz CT molecular complexity index is 1230. The first-order chi connectivity index (χ1) is 14.5. The molecule has 0 bridgehead atoms. The van der Waals surface area contributed by atoms with E-state index in [9.17, 15) is 9.59 Å². The highest BCUT2D eigenvalue weighted by molar-refractivity contribution is 5.82. The van der Waals surface area contributed by atoms with Crippen LogP contribution in [0.1, 0.15) is 28.3 Å². The molecule has 0 aliphatic carbocycles. The topological polar surface area (TPSA) is 100 Å². The van der Waals surface area contributed by atoms with Crippen LogP contribution in [0.5, 0.6) is 0 Å². The number of nitrogens with zero attached hydrogens (tertiary/aromatic N) is 4. The molecule has 30 heavy (non-hydrogen) atoms. The molecule has 8 nitrogen and oxygen atoms in total. The van der Waals surface area contributed by atoms with Gasteiger partial charge in [0.1, 0.15) is 18.5 Å². The van der Waals surface area contributed by atoms with Crippen molar-refractivity contribution in [2.24, 2.45) is 0 Å². The molecule has 4 rings (SSSR count). The molecule has 0 aliphatic heterocycles. The van der Waals surface area contributed by atoms with Gasteiger partial charge in [-0.05, 0) is 53.1 Å². The third-order valence-electron chi connectivity index (χ3n) is 5.04. The molecule has 0 unspecified atom stereocenters. The lowest BCUT2D eigenvalue weighted by Crippen LogP contribution is -2.25. The normalized spacial score (nSPS) is 12.1. The summed E-state index contributed by atoms with van der Waals surface area (Å²) in [5, 5.41) is 11.9. The van der Waals surface area contributed by atoms with Gasteiger partial charge >= 0.3 is 11.6 Å². The van der Waals surface area contributed by atoms with Gasteiger partial charge in [-0.25, -0.2) is 14.3 Å². The van der Waals surface area contributed by atoms with Crippen LogP contribution >= 0.6 is 0 Å². The number of carbonyl (C=O) groups is 1. The molecule has 4 aromatic rings. The van der Waals surface area contributed by atoms with Crippen molar-refractivity contribution in [2.75, 3.05) is 0 Å². The largest absolute Gasteiger partial charge is 0.459 e. The van der Waals surface area contributed by atoms with Crippen molar-refractivity contribution in [1.82, 2.24) is 20.2 Å². The molecule has 0 aliphatic rings. The summed E-state index contributed by atoms with van der Waals surface area (Å²) in [6.07, 6.45) is 1.76. The molecule has 152 valence electrons. The maximum absolute atomic E-state index is 12.9. The van der Waals surface area contributed by atoms with Gasteiger partial charge in [0.25, 0.3) is 0 Å². The number of tetrazole rings is 1. The molecule has 2 aromatic carbocycles. The summed E-state index contributed by atoms with van der Waals surface area (Å²) in [6, 6.07) is 13.9. The number of fused-ring (bicyclic) bond motifs is 1. The van der Waals surface area contributed by atoms with Crippen LogP contribution in [0.4, 0.5) is 0 Å². The van der Waals surface area contributed by atoms with E-state index >= 15 is 0 Å². The van der Waals surface area contributed by atoms with E-state index in [1.807, 2.05) is 56.3 Å². The number of carbonyl (C=O) groups excluding carboxylic acids is 1. The van der Waals surface area contributed by atoms with Crippen LogP contribution in [0, 0.1) is 13.8 Å². The molecule has 0 radical (unpaired) electrons. The zero-order valence-corrected chi connectivity index (χ0v) is 16.6. The van der Waals surface area contributed by atoms with Gasteiger partial charge in [-0.2, -0.15) is 0 Å². The summed E-state index contributed by atoms with van der Waals surface area (Å²) in [7, 11) is 0. The average molecular weight is 404 g/mol. The summed E-state index contributed by atoms with van der Waals surface area (Å²) < 4.78 is 12.3. The lowest BCUT2D eigenvalue weighted by Gasteiger charge is -2.16. The molecule has 0 saturated carbocycles. The van der Waals surface area contributed by atoms with E-state index in [-0.39, 0.29) is 6.61 Å². The molecule has 0 fully saturated rings. The molecule has 0 spiro atoms. The third-order valence-corrected chi connectivity index (χ3v) is 5.04. The molecular formula is C22H20N4O4. The Morgan fingerprint density at radius 1 is 1.13 bits per heavy atom. The van der Waals surface area contributed by atoms with Crippen molar-refractivity contribution in [2.45, 2.75) is 32.9 Å². The van der Waals surface area contributed by atoms with Crippen LogP contribution in [0.2, 0.25) is 0 Å². The van der Waals surface area contributed by atoms with Gasteiger partial charge in [0.2, 0.25) is 0 Å². The van der Waals surface area contributed by atoms with Gasteiger partial charge in [0.15, 0.2) is 6.04 Å². The number of hydrogen-bond donors (Lipinski definition) is 0. The van der Waals surface area contributed by atoms with Gasteiger partial charge in [-0.1, -0.05) is 30.3 Å². The van der Waals surface area contributed by atoms with Crippen molar-refractivity contribution < 1.29 is 13.9 Å². The second-order valence-electron chi connectivity index (χ2n) is 7.13. The summed E-state index contributed by atoms with van der Waals surface area (Å²) in [5.41, 5.74) is 3.59. The lowest BCUT2D eigenvalue weighted by atomic mass is 10.0. The molecule has 0 saturated heterocycles. The summed E-state index contributed by atoms with van der Waals surface area (Å²) in [6.45, 7) is 3.86. The molecule has 0 N–H and O–H groups in total. The van der Waals surface area contributed by atoms with Crippen LogP contribution in [0.3, 0.4) is 0 Å². The van der Waals surface area contributed by atoms with Crippen molar-refractivity contribution in [3.8, 4) is 0 Å². The maximum Gasteiger partial charge on any atom is 0.336 e. The van der Waals surface area contributed by atoms with Crippen LogP contribution in [-0.2, 0) is 22.6 Å². The van der Waals surface area contributed by atoms with Crippen molar-refractivity contribution in [1.29, 1.82) is 0 Å². The highest BCUT2D eigenvalue weighted by Gasteiger charge is 2.24. The highest BCUT2D eigenvalue weighted by Crippen LogP contribution is 2.23. The minimum atomic E-state index is -0.724. The Morgan fingerprint density at radius 2 is 1.90 bits per heavy atom. The molecule has 8 heteroatoms. The number of aromatic nitrogens is 4. The van der Waals surface area contributed by atoms with Crippen LogP contribution in [0.15, 0.2) is 64.1 Å². The fourth-order valence-electron chi connectivity index (χ4n) is 3.28. The third kappa shape index (κ3) is 4.12. The van der Waals surface area contributed by atoms with Gasteiger partial charge < -0.3 is 9.15 Å². The van der Waals surface area contributed by atoms with Crippen LogP contribution < -0.4 is 5.63 Å². The molecule has 0 amide bonds. The van der Waals surface area contributed by atoms with Crippen LogP contribution in [-0.4, -0.2) is 26.2 Å². The monoisotopic (exact) mass is 404 g/mol. The Hall–Kier alpha value is -3.81. The fraction of sp³-hybridized carbons (Fsp3) is 0.227. The molecule has 2 heterocycles. The number of aryl methyl sites for hydroxylation is 2. The van der Waals surface area contributed by atoms with E-state index in [1.54, 1.807) is 0 Å². The summed E-state index contributed by atoms with van der Waals surface area (Å²) in [5.74, 6) is -0.489. The molecular weight excluding hydrogens is 384 g/mol. The van der Waals surface area contributed by atoms with Gasteiger partial charge in [-0.3, -0.25) is 0 Å². The predicted molar refractivity (Wildman–Crippen MR) is 109 cm³/mol. The molecule has 1 atom stereocenters. The Labute approximate surface area is 172 Å². The number of ether oxygens (including phenoxy) is 1. The Kier molecular flexibility index (Phi) is 5.38. The highest BCUT2D eigenvalue weighted by atomic mass is 16.5. The first-order valence-corrected chi connectivity index (χ1v) is 9.48. The Balaban J connectivity index is 1.59. The maximum atomic E-state index is 12.9. The van der Waals surface area contributed by atoms with Crippen molar-refractivity contribution >= 4 is 16.9 Å². The standard InChI is InChI=1S/C22H20N4O4/c1-14-8-18-17(11-21(27)30-20(18)9-15(14)2)12-29-22(28)19(26-13-23-24-25-26)10-16-6-4-3-5-7-16/h3-9,11,13,19H,10,12H2,1-2H3/t19-/m1/s1. The minimum Gasteiger partial charge on any atom is -0.459 e. The van der Waals surface area contributed by atoms with Crippen LogP contribution in [0.25, 0.3) is 11.0 Å². The van der Waals surface area contributed by atoms with E-state index in [0.717, 1.165) is 22.1 Å². The first-order valence-electron chi connectivity index (χ1n) is 9.48. The number of hydrogen-bond acceptors (Lipinski definition) is 7. The zero-order chi connectivity index (χ0) is 21.1. The van der Waals surface area contributed by atoms with E-state index in [2.05, 4.69) is 15.5 Å². The van der Waals surface area contributed by atoms with Gasteiger partial charge in [0, 0.05) is 23.4 Å². The fourth-order valence-corrected chi connectivity index (χ4v) is 3.28. The van der Waals surface area contributed by atoms with Crippen molar-refractivity contribution in [3.05, 3.63) is 87.5 Å². The Morgan fingerprint density at radius 3 is 2.63 bits per heavy atom. The minimum absolute atomic E-state index is 0.0587. The second kappa shape index (κ2) is 8.28. The SMILES string of the molecule is Cc1cc2oc(=O)cc(COC(=O)[C@@H](Cc3ccccc3)n3cnnn3)c2cc1C. The molecule has 2 aromatic heterocycles. The summed E-state index contributed by atoms with van der Waals surface area (Å²) in [4.78, 5) is 24.9. The summed E-state index contributed by atoms with van der Waals surface area (Å²) >= 11 is 0. The van der Waals surface area contributed by atoms with Gasteiger partial charge in [-0.15, -0.1) is 5.10 Å². The van der Waals surface area contributed by atoms with Gasteiger partial charge in [0.05, 0.1) is 0 Å². The average Bonchev–Trinajstić information content (AvgIpc) is 3.26. The zero-order valence-electron chi connectivity index (χ0n) is 16.6. The van der Waals surface area contributed by atoms with E-state index in [0.29, 0.717) is 17.6 Å². The second-order valence-corrected chi connectivity index (χ2v) is 7.13. The predicted octanol–water partition coefficient (Wildman–Crippen LogP) is 2.92.